The Morgan fingerprint density at radius 3 is 2.71 bits per heavy atom. The van der Waals surface area contributed by atoms with Crippen molar-refractivity contribution in [3.05, 3.63) is 64.6 Å². The summed E-state index contributed by atoms with van der Waals surface area (Å²) in [5.41, 5.74) is 3.26. The van der Waals surface area contributed by atoms with Crippen LogP contribution in [0.3, 0.4) is 0 Å². The van der Waals surface area contributed by atoms with Crippen LogP contribution < -0.4 is 11.0 Å². The fraction of sp³-hybridized carbons (Fsp3) is 0.481. The highest BCUT2D eigenvalue weighted by Gasteiger charge is 2.51. The van der Waals surface area contributed by atoms with Gasteiger partial charge in [-0.15, -0.1) is 0 Å². The van der Waals surface area contributed by atoms with Gasteiger partial charge in [0.2, 0.25) is 5.91 Å². The zero-order valence-electron chi connectivity index (χ0n) is 20.1. The second-order valence-corrected chi connectivity index (χ2v) is 10.3. The van der Waals surface area contributed by atoms with E-state index in [0.717, 1.165) is 31.3 Å². The third kappa shape index (κ3) is 4.55. The van der Waals surface area contributed by atoms with Crippen LogP contribution in [0, 0.1) is 0 Å². The molecule has 34 heavy (non-hydrogen) atoms. The SMILES string of the molecule is CN1CCCCC[C@@H]2N(CC(=O)Nc3ccc4[nH]c(=O)[nH]c4c3)[C@H](Cc3ccccc3)C[C@@]21C. The Balaban J connectivity index is 1.38. The number of likely N-dealkylation sites (N-methyl/N-ethyl adjacent to an activating group) is 1. The number of carbonyl (C=O) groups excluding carboxylic acids is 1. The summed E-state index contributed by atoms with van der Waals surface area (Å²) in [6.07, 6.45) is 6.83. The van der Waals surface area contributed by atoms with Crippen LogP contribution in [0.2, 0.25) is 0 Å². The van der Waals surface area contributed by atoms with Crippen molar-refractivity contribution in [1.82, 2.24) is 19.8 Å². The zero-order chi connectivity index (χ0) is 23.7. The molecule has 0 radical (unpaired) electrons. The molecule has 5 rings (SSSR count). The first-order valence-corrected chi connectivity index (χ1v) is 12.5. The highest BCUT2D eigenvalue weighted by Crippen LogP contribution is 2.42. The van der Waals surface area contributed by atoms with Gasteiger partial charge in [-0.05, 0) is 70.0 Å². The van der Waals surface area contributed by atoms with Gasteiger partial charge in [0.1, 0.15) is 0 Å². The number of H-pyrrole nitrogens is 2. The average molecular weight is 462 g/mol. The van der Waals surface area contributed by atoms with E-state index in [1.165, 1.54) is 24.8 Å². The quantitative estimate of drug-likeness (QED) is 0.540. The molecule has 2 aromatic carbocycles. The van der Waals surface area contributed by atoms with Crippen LogP contribution in [0.25, 0.3) is 11.0 Å². The molecule has 0 bridgehead atoms. The molecular formula is C27H35N5O2. The summed E-state index contributed by atoms with van der Waals surface area (Å²) < 4.78 is 0. The summed E-state index contributed by atoms with van der Waals surface area (Å²) in [7, 11) is 2.26. The molecule has 0 aliphatic carbocycles. The van der Waals surface area contributed by atoms with E-state index >= 15 is 0 Å². The Morgan fingerprint density at radius 1 is 1.09 bits per heavy atom. The topological polar surface area (TPSA) is 84.2 Å². The number of likely N-dealkylation sites (tertiary alicyclic amines) is 2. The number of carbonyl (C=O) groups is 1. The van der Waals surface area contributed by atoms with Crippen molar-refractivity contribution in [2.24, 2.45) is 0 Å². The van der Waals surface area contributed by atoms with Crippen molar-refractivity contribution in [3.63, 3.8) is 0 Å². The Bertz CT molecular complexity index is 1200. The zero-order valence-corrected chi connectivity index (χ0v) is 20.1. The van der Waals surface area contributed by atoms with E-state index in [1.807, 2.05) is 18.2 Å². The number of hydrogen-bond donors (Lipinski definition) is 3. The van der Waals surface area contributed by atoms with E-state index in [9.17, 15) is 9.59 Å². The lowest BCUT2D eigenvalue weighted by Crippen LogP contribution is -2.55. The fourth-order valence-electron chi connectivity index (χ4n) is 6.14. The lowest BCUT2D eigenvalue weighted by molar-refractivity contribution is -0.118. The van der Waals surface area contributed by atoms with Crippen molar-refractivity contribution in [2.45, 2.75) is 63.1 Å². The van der Waals surface area contributed by atoms with Crippen molar-refractivity contribution in [2.75, 3.05) is 25.5 Å². The summed E-state index contributed by atoms with van der Waals surface area (Å²) in [5, 5.41) is 3.07. The molecule has 3 N–H and O–H groups in total. The maximum atomic E-state index is 13.3. The van der Waals surface area contributed by atoms with Crippen molar-refractivity contribution < 1.29 is 4.79 Å². The molecule has 1 aromatic heterocycles. The van der Waals surface area contributed by atoms with Gasteiger partial charge in [0.15, 0.2) is 0 Å². The van der Waals surface area contributed by atoms with Gasteiger partial charge in [0.05, 0.1) is 17.6 Å². The number of hydrogen-bond acceptors (Lipinski definition) is 4. The monoisotopic (exact) mass is 461 g/mol. The minimum atomic E-state index is -0.244. The molecule has 1 amide bonds. The van der Waals surface area contributed by atoms with Gasteiger partial charge < -0.3 is 15.3 Å². The van der Waals surface area contributed by atoms with E-state index in [2.05, 4.69) is 69.4 Å². The average Bonchev–Trinajstić information content (AvgIpc) is 3.29. The molecule has 0 saturated carbocycles. The highest BCUT2D eigenvalue weighted by atomic mass is 16.2. The van der Waals surface area contributed by atoms with Crippen LogP contribution in [0.4, 0.5) is 5.69 Å². The van der Waals surface area contributed by atoms with Crippen LogP contribution in [0.15, 0.2) is 53.3 Å². The third-order valence-electron chi connectivity index (χ3n) is 8.02. The van der Waals surface area contributed by atoms with Crippen LogP contribution in [0.5, 0.6) is 0 Å². The molecule has 7 heteroatoms. The van der Waals surface area contributed by atoms with Crippen molar-refractivity contribution in [1.29, 1.82) is 0 Å². The van der Waals surface area contributed by atoms with Crippen LogP contribution >= 0.6 is 0 Å². The molecule has 3 heterocycles. The summed E-state index contributed by atoms with van der Waals surface area (Å²) in [5.74, 6) is -0.00995. The minimum absolute atomic E-state index is 0.00995. The second kappa shape index (κ2) is 9.39. The first kappa shape index (κ1) is 22.9. The summed E-state index contributed by atoms with van der Waals surface area (Å²) in [4.78, 5) is 35.4. The van der Waals surface area contributed by atoms with Gasteiger partial charge in [0.25, 0.3) is 0 Å². The van der Waals surface area contributed by atoms with Gasteiger partial charge in [-0.25, -0.2) is 4.79 Å². The molecule has 0 unspecified atom stereocenters. The third-order valence-corrected chi connectivity index (χ3v) is 8.02. The number of nitrogens with zero attached hydrogens (tertiary/aromatic N) is 2. The number of aromatic nitrogens is 2. The maximum absolute atomic E-state index is 13.3. The van der Waals surface area contributed by atoms with E-state index in [0.29, 0.717) is 29.8 Å². The molecule has 180 valence electrons. The Kier molecular flexibility index (Phi) is 6.32. The van der Waals surface area contributed by atoms with Gasteiger partial charge in [0, 0.05) is 23.3 Å². The molecule has 3 aromatic rings. The van der Waals surface area contributed by atoms with Gasteiger partial charge in [-0.1, -0.05) is 43.2 Å². The van der Waals surface area contributed by atoms with E-state index in [4.69, 9.17) is 0 Å². The number of fused-ring (bicyclic) bond motifs is 2. The van der Waals surface area contributed by atoms with Crippen molar-refractivity contribution >= 4 is 22.6 Å². The number of aromatic amines is 2. The lowest BCUT2D eigenvalue weighted by Gasteiger charge is -2.44. The Hall–Kier alpha value is -2.90. The molecule has 0 spiro atoms. The smallest absolute Gasteiger partial charge is 0.323 e. The van der Waals surface area contributed by atoms with Gasteiger partial charge in [-0.3, -0.25) is 14.6 Å². The predicted molar refractivity (Wildman–Crippen MR) is 136 cm³/mol. The fourth-order valence-corrected chi connectivity index (χ4v) is 6.14. The number of rotatable bonds is 5. The standard InChI is InChI=1S/C27H35N5O2/c1-27-17-21(15-19-9-5-3-6-10-19)32(24(27)11-7-4-8-14-31(27)2)18-25(33)28-20-12-13-22-23(16-20)30-26(34)29-22/h3,5-6,9-10,12-13,16,21,24H,4,7-8,11,14-15,17-18H2,1-2H3,(H,28,33)(H2,29,30,34)/t21-,24+,27+/m1/s1. The van der Waals surface area contributed by atoms with E-state index < -0.39 is 0 Å². The lowest BCUT2D eigenvalue weighted by atomic mass is 9.84. The molecule has 3 atom stereocenters. The Labute approximate surface area is 200 Å². The first-order chi connectivity index (χ1) is 16.4. The van der Waals surface area contributed by atoms with Crippen LogP contribution in [-0.2, 0) is 11.2 Å². The van der Waals surface area contributed by atoms with Crippen molar-refractivity contribution in [3.8, 4) is 0 Å². The van der Waals surface area contributed by atoms with Gasteiger partial charge in [-0.2, -0.15) is 0 Å². The number of amides is 1. The minimum Gasteiger partial charge on any atom is -0.325 e. The predicted octanol–water partition coefficient (Wildman–Crippen LogP) is 3.74. The van der Waals surface area contributed by atoms with Gasteiger partial charge >= 0.3 is 5.69 Å². The normalized spacial score (nSPS) is 26.2. The van der Waals surface area contributed by atoms with E-state index in [-0.39, 0.29) is 17.1 Å². The molecule has 2 saturated heterocycles. The first-order valence-electron chi connectivity index (χ1n) is 12.5. The molecule has 2 aliphatic rings. The van der Waals surface area contributed by atoms with Crippen LogP contribution in [-0.4, -0.2) is 63.4 Å². The second-order valence-electron chi connectivity index (χ2n) is 10.3. The van der Waals surface area contributed by atoms with Crippen LogP contribution in [0.1, 0.15) is 44.6 Å². The number of nitrogens with one attached hydrogen (secondary N) is 3. The maximum Gasteiger partial charge on any atom is 0.323 e. The molecule has 2 aliphatic heterocycles. The summed E-state index contributed by atoms with van der Waals surface area (Å²) >= 11 is 0. The summed E-state index contributed by atoms with van der Waals surface area (Å²) in [6.45, 7) is 3.88. The molecule has 2 fully saturated rings. The molecular weight excluding hydrogens is 426 g/mol. The number of anilines is 1. The summed E-state index contributed by atoms with van der Waals surface area (Å²) in [6, 6.07) is 16.8. The van der Waals surface area contributed by atoms with E-state index in [1.54, 1.807) is 0 Å². The number of imidazole rings is 1. The Morgan fingerprint density at radius 2 is 1.88 bits per heavy atom. The molecule has 7 nitrogen and oxygen atoms in total. The number of benzene rings is 2. The largest absolute Gasteiger partial charge is 0.325 e. The highest BCUT2D eigenvalue weighted by molar-refractivity contribution is 5.94.